The Hall–Kier alpha value is -4.98. The number of carboxylic acid groups (broad SMARTS) is 2. The fraction of sp³-hybridized carbons (Fsp3) is 0.308. The Bertz CT molecular complexity index is 1220. The first-order valence-corrected chi connectivity index (χ1v) is 12.1. The molecule has 0 aromatic heterocycles. The van der Waals surface area contributed by atoms with Crippen molar-refractivity contribution in [3.8, 4) is 5.75 Å². The lowest BCUT2D eigenvalue weighted by Gasteiger charge is -2.24. The summed E-state index contributed by atoms with van der Waals surface area (Å²) in [5.41, 5.74) is 12.3. The number of phenols is 1. The number of carboxylic acids is 2. The molecule has 0 radical (unpaired) electrons. The van der Waals surface area contributed by atoms with Crippen molar-refractivity contribution in [3.63, 3.8) is 0 Å². The number of aromatic hydroxyl groups is 1. The Balaban J connectivity index is 2.14. The average molecular weight is 558 g/mol. The monoisotopic (exact) mass is 557 g/mol. The highest BCUT2D eigenvalue weighted by molar-refractivity contribution is 5.97. The topological polar surface area (TPSA) is 251 Å². The molecule has 0 aliphatic heterocycles. The van der Waals surface area contributed by atoms with E-state index in [1.54, 1.807) is 30.3 Å². The van der Waals surface area contributed by atoms with Crippen LogP contribution in [0, 0.1) is 0 Å². The van der Waals surface area contributed by atoms with Gasteiger partial charge in [0.2, 0.25) is 23.6 Å². The van der Waals surface area contributed by atoms with E-state index >= 15 is 0 Å². The summed E-state index contributed by atoms with van der Waals surface area (Å²) < 4.78 is 0. The van der Waals surface area contributed by atoms with Gasteiger partial charge in [-0.1, -0.05) is 42.5 Å². The number of aliphatic carboxylic acids is 2. The van der Waals surface area contributed by atoms with E-state index in [0.717, 1.165) is 5.56 Å². The zero-order valence-corrected chi connectivity index (χ0v) is 21.3. The Morgan fingerprint density at radius 1 is 0.675 bits per heavy atom. The maximum absolute atomic E-state index is 12.9. The van der Waals surface area contributed by atoms with Crippen molar-refractivity contribution >= 4 is 35.6 Å². The first-order chi connectivity index (χ1) is 18.8. The van der Waals surface area contributed by atoms with Crippen molar-refractivity contribution in [2.75, 3.05) is 0 Å². The number of carbonyl (C=O) groups excluding carboxylic acids is 4. The number of hydrogen-bond acceptors (Lipinski definition) is 8. The summed E-state index contributed by atoms with van der Waals surface area (Å²) >= 11 is 0. The van der Waals surface area contributed by atoms with E-state index in [-0.39, 0.29) is 18.6 Å². The maximum Gasteiger partial charge on any atom is 0.326 e. The molecule has 0 heterocycles. The third kappa shape index (κ3) is 10.4. The average Bonchev–Trinajstić information content (AvgIpc) is 2.88. The molecule has 0 fully saturated rings. The number of amides is 4. The van der Waals surface area contributed by atoms with Crippen molar-refractivity contribution in [3.05, 3.63) is 65.7 Å². The molecule has 0 bridgehead atoms. The molecule has 214 valence electrons. The van der Waals surface area contributed by atoms with Crippen molar-refractivity contribution in [1.29, 1.82) is 0 Å². The van der Waals surface area contributed by atoms with E-state index in [9.17, 15) is 44.1 Å². The summed E-state index contributed by atoms with van der Waals surface area (Å²) in [4.78, 5) is 73.2. The van der Waals surface area contributed by atoms with E-state index in [4.69, 9.17) is 11.5 Å². The molecular weight excluding hydrogens is 526 g/mol. The third-order valence-electron chi connectivity index (χ3n) is 5.68. The molecule has 4 unspecified atom stereocenters. The van der Waals surface area contributed by atoms with Gasteiger partial charge in [0.15, 0.2) is 0 Å². The largest absolute Gasteiger partial charge is 0.508 e. The number of carbonyl (C=O) groups is 6. The quantitative estimate of drug-likeness (QED) is 0.124. The van der Waals surface area contributed by atoms with Crippen LogP contribution in [-0.4, -0.2) is 75.1 Å². The van der Waals surface area contributed by atoms with E-state index in [1.165, 1.54) is 24.3 Å². The molecule has 40 heavy (non-hydrogen) atoms. The molecular formula is C26H31N5O9. The Morgan fingerprint density at radius 3 is 1.70 bits per heavy atom. The van der Waals surface area contributed by atoms with Gasteiger partial charge in [0, 0.05) is 6.42 Å². The molecule has 0 saturated heterocycles. The van der Waals surface area contributed by atoms with Crippen LogP contribution in [0.15, 0.2) is 54.6 Å². The summed E-state index contributed by atoms with van der Waals surface area (Å²) in [6.07, 6.45) is -1.72. The molecule has 14 heteroatoms. The van der Waals surface area contributed by atoms with Crippen LogP contribution in [0.5, 0.6) is 5.75 Å². The van der Waals surface area contributed by atoms with E-state index in [0.29, 0.717) is 5.56 Å². The van der Waals surface area contributed by atoms with Crippen molar-refractivity contribution in [1.82, 2.24) is 16.0 Å². The fourth-order valence-electron chi connectivity index (χ4n) is 3.65. The normalized spacial score (nSPS) is 13.6. The first kappa shape index (κ1) is 31.2. The molecule has 10 N–H and O–H groups in total. The Morgan fingerprint density at radius 2 is 1.18 bits per heavy atom. The van der Waals surface area contributed by atoms with Crippen LogP contribution in [0.2, 0.25) is 0 Å². The van der Waals surface area contributed by atoms with Gasteiger partial charge in [-0.15, -0.1) is 0 Å². The number of hydrogen-bond donors (Lipinski definition) is 8. The molecule has 0 saturated carbocycles. The standard InChI is InChI=1S/C26H31N5O9/c27-17(10-14-4-2-1-3-5-14)23(36)29-19(13-22(34)35)25(38)30-18(12-21(28)33)24(37)31-20(26(39)40)11-15-6-8-16(32)9-7-15/h1-9,17-20,32H,10-13,27H2,(H2,28,33)(H,29,36)(H,30,38)(H,31,37)(H,34,35)(H,39,40). The fourth-order valence-corrected chi connectivity index (χ4v) is 3.65. The number of rotatable bonds is 15. The second kappa shape index (κ2) is 14.8. The molecule has 2 aromatic carbocycles. The zero-order valence-electron chi connectivity index (χ0n) is 21.3. The lowest BCUT2D eigenvalue weighted by atomic mass is 10.0. The van der Waals surface area contributed by atoms with Gasteiger partial charge in [0.25, 0.3) is 0 Å². The molecule has 0 aliphatic rings. The zero-order chi connectivity index (χ0) is 29.8. The summed E-state index contributed by atoms with van der Waals surface area (Å²) in [5.74, 6) is -6.99. The Kier molecular flexibility index (Phi) is 11.6. The minimum atomic E-state index is -1.68. The van der Waals surface area contributed by atoms with Crippen LogP contribution in [0.4, 0.5) is 0 Å². The van der Waals surface area contributed by atoms with E-state index < -0.39 is 72.6 Å². The molecule has 2 rings (SSSR count). The lowest BCUT2D eigenvalue weighted by molar-refractivity contribution is -0.143. The van der Waals surface area contributed by atoms with Crippen molar-refractivity contribution < 1.29 is 44.1 Å². The summed E-state index contributed by atoms with van der Waals surface area (Å²) in [6, 6.07) is 8.28. The lowest BCUT2D eigenvalue weighted by Crippen LogP contribution is -2.58. The third-order valence-corrected chi connectivity index (χ3v) is 5.68. The van der Waals surface area contributed by atoms with Crippen molar-refractivity contribution in [2.24, 2.45) is 11.5 Å². The van der Waals surface area contributed by atoms with Gasteiger partial charge in [0.05, 0.1) is 18.9 Å². The van der Waals surface area contributed by atoms with Crippen molar-refractivity contribution in [2.45, 2.75) is 49.9 Å². The van der Waals surface area contributed by atoms with E-state index in [2.05, 4.69) is 16.0 Å². The highest BCUT2D eigenvalue weighted by atomic mass is 16.4. The van der Waals surface area contributed by atoms with Gasteiger partial charge < -0.3 is 42.7 Å². The van der Waals surface area contributed by atoms with Crippen LogP contribution in [-0.2, 0) is 41.6 Å². The molecule has 4 atom stereocenters. The summed E-state index contributed by atoms with van der Waals surface area (Å²) in [6.45, 7) is 0. The predicted molar refractivity (Wildman–Crippen MR) is 139 cm³/mol. The van der Waals surface area contributed by atoms with Gasteiger partial charge in [0.1, 0.15) is 23.9 Å². The van der Waals surface area contributed by atoms with Gasteiger partial charge in [-0.3, -0.25) is 24.0 Å². The summed E-state index contributed by atoms with van der Waals surface area (Å²) in [5, 5.41) is 34.8. The second-order valence-electron chi connectivity index (χ2n) is 8.96. The summed E-state index contributed by atoms with van der Waals surface area (Å²) in [7, 11) is 0. The van der Waals surface area contributed by atoms with Crippen LogP contribution in [0.1, 0.15) is 24.0 Å². The van der Waals surface area contributed by atoms with Crippen LogP contribution in [0.25, 0.3) is 0 Å². The SMILES string of the molecule is NC(=O)CC(NC(=O)C(CC(=O)O)NC(=O)C(N)Cc1ccccc1)C(=O)NC(Cc1ccc(O)cc1)C(=O)O. The second-order valence-corrected chi connectivity index (χ2v) is 8.96. The molecule has 2 aromatic rings. The smallest absolute Gasteiger partial charge is 0.326 e. The van der Waals surface area contributed by atoms with Gasteiger partial charge in [-0.05, 0) is 29.7 Å². The number of benzene rings is 2. The molecule has 0 spiro atoms. The minimum Gasteiger partial charge on any atom is -0.508 e. The number of phenolic OH excluding ortho intramolecular Hbond substituents is 1. The van der Waals surface area contributed by atoms with Crippen LogP contribution >= 0.6 is 0 Å². The van der Waals surface area contributed by atoms with Crippen LogP contribution < -0.4 is 27.4 Å². The number of nitrogens with one attached hydrogen (secondary N) is 3. The first-order valence-electron chi connectivity index (χ1n) is 12.1. The molecule has 4 amide bonds. The maximum atomic E-state index is 12.9. The predicted octanol–water partition coefficient (Wildman–Crippen LogP) is -1.61. The highest BCUT2D eigenvalue weighted by Crippen LogP contribution is 2.12. The van der Waals surface area contributed by atoms with Gasteiger partial charge >= 0.3 is 11.9 Å². The van der Waals surface area contributed by atoms with E-state index in [1.807, 2.05) is 0 Å². The Labute approximate surface area is 228 Å². The number of nitrogens with two attached hydrogens (primary N) is 2. The minimum absolute atomic E-state index is 0.0482. The molecule has 14 nitrogen and oxygen atoms in total. The molecule has 0 aliphatic carbocycles. The highest BCUT2D eigenvalue weighted by Gasteiger charge is 2.32. The van der Waals surface area contributed by atoms with Gasteiger partial charge in [-0.2, -0.15) is 0 Å². The van der Waals surface area contributed by atoms with Crippen LogP contribution in [0.3, 0.4) is 0 Å². The number of primary amides is 1. The van der Waals surface area contributed by atoms with Gasteiger partial charge in [-0.25, -0.2) is 4.79 Å².